The van der Waals surface area contributed by atoms with E-state index in [1.54, 1.807) is 4.90 Å². The fraction of sp³-hybridized carbons (Fsp3) is 0.300. The summed E-state index contributed by atoms with van der Waals surface area (Å²) in [6.45, 7) is 4.94. The van der Waals surface area contributed by atoms with Gasteiger partial charge in [0.25, 0.3) is 0 Å². The first-order valence-corrected chi connectivity index (χ1v) is 8.24. The molecule has 1 aliphatic rings. The van der Waals surface area contributed by atoms with E-state index < -0.39 is 0 Å². The number of nitrogens with zero attached hydrogens (tertiary/aromatic N) is 1. The topological polar surface area (TPSA) is 49.4 Å². The van der Waals surface area contributed by atoms with Crippen molar-refractivity contribution in [2.24, 2.45) is 5.92 Å². The van der Waals surface area contributed by atoms with Gasteiger partial charge in [0.1, 0.15) is 0 Å². The predicted molar refractivity (Wildman–Crippen MR) is 94.7 cm³/mol. The van der Waals surface area contributed by atoms with Gasteiger partial charge in [-0.05, 0) is 36.6 Å². The van der Waals surface area contributed by atoms with Gasteiger partial charge in [-0.1, -0.05) is 42.5 Å². The maximum absolute atomic E-state index is 12.4. The fourth-order valence-electron chi connectivity index (χ4n) is 3.06. The summed E-state index contributed by atoms with van der Waals surface area (Å²) in [7, 11) is 0. The molecule has 0 aliphatic carbocycles. The van der Waals surface area contributed by atoms with Crippen molar-refractivity contribution in [3.05, 3.63) is 65.2 Å². The second-order valence-electron chi connectivity index (χ2n) is 6.40. The van der Waals surface area contributed by atoms with Gasteiger partial charge in [0, 0.05) is 25.2 Å². The number of hydrogen-bond donors (Lipinski definition) is 1. The molecule has 0 saturated carbocycles. The molecule has 1 N–H and O–H groups in total. The summed E-state index contributed by atoms with van der Waals surface area (Å²) in [6.07, 6.45) is 0.272. The molecule has 1 aliphatic heterocycles. The maximum atomic E-state index is 12.4. The van der Waals surface area contributed by atoms with Crippen molar-refractivity contribution in [1.82, 2.24) is 5.32 Å². The van der Waals surface area contributed by atoms with Crippen LogP contribution in [0.2, 0.25) is 0 Å². The third kappa shape index (κ3) is 3.48. The van der Waals surface area contributed by atoms with E-state index in [4.69, 9.17) is 0 Å². The van der Waals surface area contributed by atoms with Gasteiger partial charge < -0.3 is 10.2 Å². The van der Waals surface area contributed by atoms with Gasteiger partial charge >= 0.3 is 0 Å². The number of anilines is 1. The number of carbonyl (C=O) groups is 2. The Balaban J connectivity index is 1.66. The standard InChI is InChI=1S/C20H22N2O2/c1-14-8-9-15(2)18(10-14)22-13-17(11-19(22)23)20(24)21-12-16-6-4-3-5-7-16/h3-10,17H,11-13H2,1-2H3,(H,21,24). The van der Waals surface area contributed by atoms with E-state index >= 15 is 0 Å². The van der Waals surface area contributed by atoms with E-state index in [9.17, 15) is 9.59 Å². The minimum Gasteiger partial charge on any atom is -0.352 e. The third-order valence-corrected chi connectivity index (χ3v) is 4.46. The number of amides is 2. The SMILES string of the molecule is Cc1ccc(C)c(N2CC(C(=O)NCc3ccccc3)CC2=O)c1. The van der Waals surface area contributed by atoms with E-state index in [1.807, 2.05) is 62.4 Å². The van der Waals surface area contributed by atoms with Crippen molar-refractivity contribution in [3.8, 4) is 0 Å². The minimum absolute atomic E-state index is 0.0172. The van der Waals surface area contributed by atoms with Crippen molar-refractivity contribution in [2.75, 3.05) is 11.4 Å². The van der Waals surface area contributed by atoms with E-state index in [1.165, 1.54) is 0 Å². The number of carbonyl (C=O) groups excluding carboxylic acids is 2. The largest absolute Gasteiger partial charge is 0.352 e. The summed E-state index contributed by atoms with van der Waals surface area (Å²) >= 11 is 0. The Labute approximate surface area is 142 Å². The number of rotatable bonds is 4. The molecular weight excluding hydrogens is 300 g/mol. The highest BCUT2D eigenvalue weighted by atomic mass is 16.2. The van der Waals surface area contributed by atoms with Gasteiger partial charge in [-0.15, -0.1) is 0 Å². The van der Waals surface area contributed by atoms with Crippen molar-refractivity contribution >= 4 is 17.5 Å². The zero-order valence-corrected chi connectivity index (χ0v) is 14.1. The Kier molecular flexibility index (Phi) is 4.65. The average Bonchev–Trinajstić information content (AvgIpc) is 2.97. The number of nitrogens with one attached hydrogen (secondary N) is 1. The maximum Gasteiger partial charge on any atom is 0.227 e. The molecule has 24 heavy (non-hydrogen) atoms. The van der Waals surface area contributed by atoms with Gasteiger partial charge in [-0.3, -0.25) is 9.59 Å². The lowest BCUT2D eigenvalue weighted by atomic mass is 10.1. The summed E-state index contributed by atoms with van der Waals surface area (Å²) in [4.78, 5) is 26.5. The smallest absolute Gasteiger partial charge is 0.227 e. The first-order valence-electron chi connectivity index (χ1n) is 8.24. The summed E-state index contributed by atoms with van der Waals surface area (Å²) in [5, 5.41) is 2.94. The lowest BCUT2D eigenvalue weighted by molar-refractivity contribution is -0.126. The normalized spacial score (nSPS) is 17.2. The number of aryl methyl sites for hydroxylation is 2. The van der Waals surface area contributed by atoms with E-state index in [-0.39, 0.29) is 24.2 Å². The quantitative estimate of drug-likeness (QED) is 0.941. The number of benzene rings is 2. The molecule has 1 unspecified atom stereocenters. The minimum atomic E-state index is -0.291. The molecule has 3 rings (SSSR count). The Morgan fingerprint density at radius 1 is 1.17 bits per heavy atom. The van der Waals surface area contributed by atoms with Crippen LogP contribution in [-0.4, -0.2) is 18.4 Å². The second kappa shape index (κ2) is 6.87. The van der Waals surface area contributed by atoms with Crippen LogP contribution in [0.4, 0.5) is 5.69 Å². The molecule has 4 nitrogen and oxygen atoms in total. The van der Waals surface area contributed by atoms with Crippen molar-refractivity contribution in [3.63, 3.8) is 0 Å². The van der Waals surface area contributed by atoms with Crippen molar-refractivity contribution in [2.45, 2.75) is 26.8 Å². The lowest BCUT2D eigenvalue weighted by Gasteiger charge is -2.19. The highest BCUT2D eigenvalue weighted by Gasteiger charge is 2.35. The molecule has 1 heterocycles. The van der Waals surface area contributed by atoms with E-state index in [0.29, 0.717) is 13.1 Å². The first-order chi connectivity index (χ1) is 11.5. The molecule has 4 heteroatoms. The molecule has 1 atom stereocenters. The predicted octanol–water partition coefficient (Wildman–Crippen LogP) is 2.97. The van der Waals surface area contributed by atoms with E-state index in [2.05, 4.69) is 5.32 Å². The van der Waals surface area contributed by atoms with Crippen LogP contribution >= 0.6 is 0 Å². The molecule has 0 radical (unpaired) electrons. The van der Waals surface area contributed by atoms with Crippen LogP contribution in [0.25, 0.3) is 0 Å². The Bertz CT molecular complexity index is 755. The molecule has 1 saturated heterocycles. The molecule has 0 bridgehead atoms. The summed E-state index contributed by atoms with van der Waals surface area (Å²) in [5.74, 6) is -0.329. The Morgan fingerprint density at radius 2 is 1.92 bits per heavy atom. The van der Waals surface area contributed by atoms with Crippen LogP contribution in [0.15, 0.2) is 48.5 Å². The molecule has 1 fully saturated rings. The van der Waals surface area contributed by atoms with Gasteiger partial charge in [-0.25, -0.2) is 0 Å². The molecular formula is C20H22N2O2. The summed E-state index contributed by atoms with van der Waals surface area (Å²) < 4.78 is 0. The molecule has 2 aromatic rings. The molecule has 2 amide bonds. The first kappa shape index (κ1) is 16.2. The van der Waals surface area contributed by atoms with Gasteiger partial charge in [-0.2, -0.15) is 0 Å². The molecule has 0 aromatic heterocycles. The Hall–Kier alpha value is -2.62. The third-order valence-electron chi connectivity index (χ3n) is 4.46. The van der Waals surface area contributed by atoms with Crippen LogP contribution in [0.5, 0.6) is 0 Å². The average molecular weight is 322 g/mol. The van der Waals surface area contributed by atoms with Crippen molar-refractivity contribution < 1.29 is 9.59 Å². The zero-order chi connectivity index (χ0) is 17.1. The van der Waals surface area contributed by atoms with Crippen LogP contribution in [0.3, 0.4) is 0 Å². The Morgan fingerprint density at radius 3 is 2.67 bits per heavy atom. The summed E-state index contributed by atoms with van der Waals surface area (Å²) in [5.41, 5.74) is 4.14. The molecule has 2 aromatic carbocycles. The van der Waals surface area contributed by atoms with Crippen LogP contribution in [0.1, 0.15) is 23.1 Å². The van der Waals surface area contributed by atoms with E-state index in [0.717, 1.165) is 22.4 Å². The van der Waals surface area contributed by atoms with Crippen LogP contribution in [-0.2, 0) is 16.1 Å². The fourth-order valence-corrected chi connectivity index (χ4v) is 3.06. The lowest BCUT2D eigenvalue weighted by Crippen LogP contribution is -2.32. The monoisotopic (exact) mass is 322 g/mol. The highest BCUT2D eigenvalue weighted by molar-refractivity contribution is 6.00. The van der Waals surface area contributed by atoms with Gasteiger partial charge in [0.05, 0.1) is 5.92 Å². The van der Waals surface area contributed by atoms with Crippen LogP contribution in [0, 0.1) is 19.8 Å². The second-order valence-corrected chi connectivity index (χ2v) is 6.40. The zero-order valence-electron chi connectivity index (χ0n) is 14.1. The van der Waals surface area contributed by atoms with Crippen LogP contribution < -0.4 is 10.2 Å². The molecule has 124 valence electrons. The van der Waals surface area contributed by atoms with Gasteiger partial charge in [0.15, 0.2) is 0 Å². The highest BCUT2D eigenvalue weighted by Crippen LogP contribution is 2.28. The number of hydrogen-bond acceptors (Lipinski definition) is 2. The molecule has 0 spiro atoms. The van der Waals surface area contributed by atoms with Gasteiger partial charge in [0.2, 0.25) is 11.8 Å². The summed E-state index contributed by atoms with van der Waals surface area (Å²) in [6, 6.07) is 15.8. The van der Waals surface area contributed by atoms with Crippen molar-refractivity contribution in [1.29, 1.82) is 0 Å².